The van der Waals surface area contributed by atoms with E-state index in [0.29, 0.717) is 16.8 Å². The van der Waals surface area contributed by atoms with E-state index in [1.807, 2.05) is 0 Å². The Bertz CT molecular complexity index is 1180. The first-order valence-electron chi connectivity index (χ1n) is 8.31. The van der Waals surface area contributed by atoms with Gasteiger partial charge in [0.25, 0.3) is 5.56 Å². The van der Waals surface area contributed by atoms with Gasteiger partial charge in [-0.25, -0.2) is 9.18 Å². The number of benzene rings is 3. The third kappa shape index (κ3) is 3.22. The van der Waals surface area contributed by atoms with Gasteiger partial charge in [0.2, 0.25) is 0 Å². The van der Waals surface area contributed by atoms with E-state index in [1.165, 1.54) is 18.2 Å². The molecule has 4 nitrogen and oxygen atoms in total. The number of carbonyl (C=O) groups excluding carboxylic acids is 1. The zero-order valence-electron chi connectivity index (χ0n) is 14.1. The molecule has 0 aliphatic rings. The van der Waals surface area contributed by atoms with Gasteiger partial charge >= 0.3 is 5.97 Å². The molecule has 0 aliphatic heterocycles. The molecule has 1 heterocycles. The first-order chi connectivity index (χ1) is 13.1. The van der Waals surface area contributed by atoms with Crippen LogP contribution in [-0.2, 0) is 0 Å². The van der Waals surface area contributed by atoms with E-state index in [-0.39, 0.29) is 16.5 Å². The van der Waals surface area contributed by atoms with E-state index in [4.69, 9.17) is 4.74 Å². The van der Waals surface area contributed by atoms with E-state index < -0.39 is 17.3 Å². The number of hydrogen-bond acceptors (Lipinski definition) is 3. The number of H-pyrrole nitrogens is 1. The van der Waals surface area contributed by atoms with Gasteiger partial charge in [-0.15, -0.1) is 0 Å². The Morgan fingerprint density at radius 1 is 0.889 bits per heavy atom. The first kappa shape index (κ1) is 16.7. The second-order valence-electron chi connectivity index (χ2n) is 5.96. The summed E-state index contributed by atoms with van der Waals surface area (Å²) in [6, 6.07) is 21.2. The summed E-state index contributed by atoms with van der Waals surface area (Å²) in [5.41, 5.74) is 0.643. The molecule has 0 unspecified atom stereocenters. The standard InChI is InChI=1S/C22H14FNO3/c23-15-11-12-18-17(13-15)20(22(26)27-16-9-5-2-6-10-16)19(21(25)24-18)14-7-3-1-4-8-14/h1-13H,(H,24,25). The van der Waals surface area contributed by atoms with Gasteiger partial charge < -0.3 is 9.72 Å². The third-order valence-corrected chi connectivity index (χ3v) is 4.20. The molecular weight excluding hydrogens is 345 g/mol. The van der Waals surface area contributed by atoms with Gasteiger partial charge in [0.05, 0.1) is 11.1 Å². The number of esters is 1. The van der Waals surface area contributed by atoms with Crippen molar-refractivity contribution >= 4 is 16.9 Å². The highest BCUT2D eigenvalue weighted by molar-refractivity contribution is 6.09. The quantitative estimate of drug-likeness (QED) is 0.431. The number of rotatable bonds is 3. The van der Waals surface area contributed by atoms with Crippen molar-refractivity contribution in [3.05, 3.63) is 101 Å². The van der Waals surface area contributed by atoms with Crippen LogP contribution in [0.4, 0.5) is 4.39 Å². The highest BCUT2D eigenvalue weighted by Gasteiger charge is 2.22. The summed E-state index contributed by atoms with van der Waals surface area (Å²) in [4.78, 5) is 28.4. The first-order valence-corrected chi connectivity index (χ1v) is 8.31. The molecule has 0 saturated heterocycles. The number of fused-ring (bicyclic) bond motifs is 1. The third-order valence-electron chi connectivity index (χ3n) is 4.20. The van der Waals surface area contributed by atoms with Crippen LogP contribution in [0.1, 0.15) is 10.4 Å². The summed E-state index contributed by atoms with van der Waals surface area (Å²) < 4.78 is 19.3. The largest absolute Gasteiger partial charge is 0.423 e. The number of nitrogens with one attached hydrogen (secondary N) is 1. The van der Waals surface area contributed by atoms with Crippen LogP contribution in [0.25, 0.3) is 22.0 Å². The van der Waals surface area contributed by atoms with Gasteiger partial charge in [-0.1, -0.05) is 48.5 Å². The van der Waals surface area contributed by atoms with Gasteiger partial charge in [0.1, 0.15) is 11.6 Å². The van der Waals surface area contributed by atoms with Crippen LogP contribution in [0.5, 0.6) is 5.75 Å². The number of aromatic nitrogens is 1. The summed E-state index contributed by atoms with van der Waals surface area (Å²) in [7, 11) is 0. The molecule has 0 saturated carbocycles. The lowest BCUT2D eigenvalue weighted by Crippen LogP contribution is -2.19. The Morgan fingerprint density at radius 2 is 1.56 bits per heavy atom. The molecule has 0 radical (unpaired) electrons. The SMILES string of the molecule is O=C(Oc1ccccc1)c1c(-c2ccccc2)c(=O)[nH]c2ccc(F)cc12. The van der Waals surface area contributed by atoms with Crippen molar-refractivity contribution in [1.29, 1.82) is 0 Å². The number of para-hydroxylation sites is 1. The summed E-state index contributed by atoms with van der Waals surface area (Å²) in [5, 5.41) is 0.286. The van der Waals surface area contributed by atoms with E-state index in [1.54, 1.807) is 60.7 Å². The van der Waals surface area contributed by atoms with Crippen molar-refractivity contribution in [2.45, 2.75) is 0 Å². The molecule has 0 bridgehead atoms. The average molecular weight is 359 g/mol. The smallest absolute Gasteiger partial charge is 0.345 e. The van der Waals surface area contributed by atoms with Crippen molar-refractivity contribution in [1.82, 2.24) is 4.98 Å². The van der Waals surface area contributed by atoms with Crippen LogP contribution in [0.3, 0.4) is 0 Å². The summed E-state index contributed by atoms with van der Waals surface area (Å²) in [6.07, 6.45) is 0. The van der Waals surface area contributed by atoms with Crippen molar-refractivity contribution in [2.75, 3.05) is 0 Å². The molecule has 1 N–H and O–H groups in total. The molecular formula is C22H14FNO3. The molecule has 0 fully saturated rings. The monoisotopic (exact) mass is 359 g/mol. The number of carbonyl (C=O) groups is 1. The summed E-state index contributed by atoms with van der Waals surface area (Å²) >= 11 is 0. The van der Waals surface area contributed by atoms with Crippen LogP contribution in [-0.4, -0.2) is 11.0 Å². The molecule has 1 aromatic heterocycles. The fourth-order valence-corrected chi connectivity index (χ4v) is 3.00. The van der Waals surface area contributed by atoms with Crippen LogP contribution in [0.2, 0.25) is 0 Å². The predicted molar refractivity (Wildman–Crippen MR) is 101 cm³/mol. The lowest BCUT2D eigenvalue weighted by atomic mass is 9.97. The molecule has 0 atom stereocenters. The van der Waals surface area contributed by atoms with E-state index in [9.17, 15) is 14.0 Å². The van der Waals surface area contributed by atoms with Gasteiger partial charge in [-0.3, -0.25) is 4.79 Å². The van der Waals surface area contributed by atoms with Crippen molar-refractivity contribution < 1.29 is 13.9 Å². The van der Waals surface area contributed by atoms with Gasteiger partial charge in [0, 0.05) is 10.9 Å². The second-order valence-corrected chi connectivity index (χ2v) is 5.96. The molecule has 5 heteroatoms. The highest BCUT2D eigenvalue weighted by atomic mass is 19.1. The summed E-state index contributed by atoms with van der Waals surface area (Å²) in [6.45, 7) is 0. The van der Waals surface area contributed by atoms with Crippen LogP contribution >= 0.6 is 0 Å². The van der Waals surface area contributed by atoms with Gasteiger partial charge in [-0.2, -0.15) is 0 Å². The zero-order valence-corrected chi connectivity index (χ0v) is 14.1. The molecule has 0 spiro atoms. The van der Waals surface area contributed by atoms with Crippen LogP contribution in [0, 0.1) is 5.82 Å². The minimum absolute atomic E-state index is 0.0308. The number of aromatic amines is 1. The van der Waals surface area contributed by atoms with Crippen molar-refractivity contribution in [3.8, 4) is 16.9 Å². The van der Waals surface area contributed by atoms with Crippen LogP contribution in [0.15, 0.2) is 83.7 Å². The lowest BCUT2D eigenvalue weighted by Gasteiger charge is -2.12. The van der Waals surface area contributed by atoms with E-state index in [2.05, 4.69) is 4.98 Å². The Labute approximate surface area is 153 Å². The number of halogens is 1. The molecule has 0 aliphatic carbocycles. The maximum absolute atomic E-state index is 13.9. The maximum Gasteiger partial charge on any atom is 0.345 e. The van der Waals surface area contributed by atoms with Gasteiger partial charge in [-0.05, 0) is 35.9 Å². The Morgan fingerprint density at radius 3 is 2.26 bits per heavy atom. The second kappa shape index (κ2) is 6.88. The van der Waals surface area contributed by atoms with E-state index in [0.717, 1.165) is 0 Å². The number of hydrogen-bond donors (Lipinski definition) is 1. The fourth-order valence-electron chi connectivity index (χ4n) is 3.00. The number of ether oxygens (including phenoxy) is 1. The Kier molecular flexibility index (Phi) is 4.26. The highest BCUT2D eigenvalue weighted by Crippen LogP contribution is 2.28. The average Bonchev–Trinajstić information content (AvgIpc) is 2.68. The lowest BCUT2D eigenvalue weighted by molar-refractivity contribution is 0.0737. The predicted octanol–water partition coefficient (Wildman–Crippen LogP) is 4.55. The molecule has 4 aromatic rings. The molecule has 4 rings (SSSR count). The molecule has 0 amide bonds. The number of pyridine rings is 1. The van der Waals surface area contributed by atoms with E-state index >= 15 is 0 Å². The Hall–Kier alpha value is -3.73. The topological polar surface area (TPSA) is 59.2 Å². The maximum atomic E-state index is 13.9. The van der Waals surface area contributed by atoms with Crippen molar-refractivity contribution in [3.63, 3.8) is 0 Å². The molecule has 132 valence electrons. The van der Waals surface area contributed by atoms with Crippen molar-refractivity contribution in [2.24, 2.45) is 0 Å². The summed E-state index contributed by atoms with van der Waals surface area (Å²) in [5.74, 6) is -0.893. The minimum Gasteiger partial charge on any atom is -0.423 e. The van der Waals surface area contributed by atoms with Gasteiger partial charge in [0.15, 0.2) is 0 Å². The molecule has 27 heavy (non-hydrogen) atoms. The van der Waals surface area contributed by atoms with Crippen LogP contribution < -0.4 is 10.3 Å². The molecule has 3 aromatic carbocycles. The fraction of sp³-hybridized carbons (Fsp3) is 0. The normalized spacial score (nSPS) is 10.7. The Balaban J connectivity index is 1.99. The minimum atomic E-state index is -0.721. The zero-order chi connectivity index (χ0) is 18.8.